The van der Waals surface area contributed by atoms with Gasteiger partial charge in [-0.05, 0) is 6.07 Å². The summed E-state index contributed by atoms with van der Waals surface area (Å²) >= 11 is 0. The van der Waals surface area contributed by atoms with Crippen LogP contribution in [0.15, 0.2) is 24.3 Å². The maximum absolute atomic E-state index is 5.79. The normalized spacial score (nSPS) is 12.8. The van der Waals surface area contributed by atoms with E-state index in [-0.39, 0.29) is 6.10 Å². The van der Waals surface area contributed by atoms with Gasteiger partial charge in [0.1, 0.15) is 6.10 Å². The van der Waals surface area contributed by atoms with Crippen LogP contribution < -0.4 is 5.73 Å². The second kappa shape index (κ2) is 4.84. The van der Waals surface area contributed by atoms with Crippen molar-refractivity contribution in [2.24, 2.45) is 0 Å². The average Bonchev–Trinajstić information content (AvgIpc) is 2.16. The third kappa shape index (κ3) is 2.44. The largest absolute Gasteiger partial charge is 0.398 e. The van der Waals surface area contributed by atoms with Gasteiger partial charge in [-0.2, -0.15) is 0 Å². The molecule has 0 unspecified atom stereocenters. The Morgan fingerprint density at radius 1 is 1.31 bits per heavy atom. The van der Waals surface area contributed by atoms with Crippen molar-refractivity contribution in [3.63, 3.8) is 0 Å². The fourth-order valence-corrected chi connectivity index (χ4v) is 1.24. The summed E-state index contributed by atoms with van der Waals surface area (Å²) in [4.78, 5) is 0. The third-order valence-electron chi connectivity index (χ3n) is 1.95. The Balaban J connectivity index is 2.84. The smallest absolute Gasteiger partial charge is 0.107 e. The number of hydrogen-bond acceptors (Lipinski definition) is 3. The minimum Gasteiger partial charge on any atom is -0.398 e. The first-order valence-corrected chi connectivity index (χ1v) is 4.15. The number of ether oxygens (including phenoxy) is 2. The second-order valence-corrected chi connectivity index (χ2v) is 2.81. The highest BCUT2D eigenvalue weighted by molar-refractivity contribution is 5.47. The van der Waals surface area contributed by atoms with Crippen molar-refractivity contribution in [1.29, 1.82) is 0 Å². The second-order valence-electron chi connectivity index (χ2n) is 2.81. The van der Waals surface area contributed by atoms with Gasteiger partial charge in [-0.1, -0.05) is 18.2 Å². The van der Waals surface area contributed by atoms with Gasteiger partial charge in [0.2, 0.25) is 0 Å². The summed E-state index contributed by atoms with van der Waals surface area (Å²) in [6.45, 7) is 0.519. The molecule has 0 saturated heterocycles. The molecule has 1 aromatic rings. The molecule has 1 atom stereocenters. The Labute approximate surface area is 78.5 Å². The van der Waals surface area contributed by atoms with E-state index in [1.165, 1.54) is 0 Å². The van der Waals surface area contributed by atoms with Crippen LogP contribution in [0, 0.1) is 0 Å². The molecule has 0 heterocycles. The Bertz CT molecular complexity index is 263. The lowest BCUT2D eigenvalue weighted by atomic mass is 10.1. The van der Waals surface area contributed by atoms with Crippen molar-refractivity contribution in [3.8, 4) is 0 Å². The quantitative estimate of drug-likeness (QED) is 0.717. The summed E-state index contributed by atoms with van der Waals surface area (Å²) in [5, 5.41) is 0. The van der Waals surface area contributed by atoms with Crippen molar-refractivity contribution >= 4 is 5.69 Å². The molecule has 1 aromatic carbocycles. The van der Waals surface area contributed by atoms with Crippen molar-refractivity contribution in [2.75, 3.05) is 26.6 Å². The number of hydrogen-bond donors (Lipinski definition) is 1. The molecule has 0 aromatic heterocycles. The predicted molar refractivity (Wildman–Crippen MR) is 52.5 cm³/mol. The summed E-state index contributed by atoms with van der Waals surface area (Å²) < 4.78 is 10.3. The molecule has 0 fully saturated rings. The molecule has 0 amide bonds. The van der Waals surface area contributed by atoms with Crippen LogP contribution in [0.3, 0.4) is 0 Å². The van der Waals surface area contributed by atoms with E-state index < -0.39 is 0 Å². The zero-order valence-electron chi connectivity index (χ0n) is 7.99. The summed E-state index contributed by atoms with van der Waals surface area (Å²) in [5.41, 5.74) is 7.51. The van der Waals surface area contributed by atoms with Gasteiger partial charge in [-0.25, -0.2) is 0 Å². The molecular formula is C10H15NO2. The van der Waals surface area contributed by atoms with Gasteiger partial charge in [0.05, 0.1) is 6.61 Å². The standard InChI is InChI=1S/C10H15NO2/c1-12-7-10(13-2)8-5-3-4-6-9(8)11/h3-6,10H,7,11H2,1-2H3/t10-/m0/s1. The Hall–Kier alpha value is -1.06. The van der Waals surface area contributed by atoms with Gasteiger partial charge in [0, 0.05) is 25.5 Å². The van der Waals surface area contributed by atoms with Crippen LogP contribution in [0.4, 0.5) is 5.69 Å². The zero-order chi connectivity index (χ0) is 9.68. The monoisotopic (exact) mass is 181 g/mol. The Morgan fingerprint density at radius 3 is 2.54 bits per heavy atom. The predicted octanol–water partition coefficient (Wildman–Crippen LogP) is 1.60. The lowest BCUT2D eigenvalue weighted by Gasteiger charge is -2.16. The molecule has 0 aliphatic rings. The topological polar surface area (TPSA) is 44.5 Å². The summed E-state index contributed by atoms with van der Waals surface area (Å²) in [7, 11) is 3.29. The lowest BCUT2D eigenvalue weighted by Crippen LogP contribution is -2.10. The molecule has 13 heavy (non-hydrogen) atoms. The maximum Gasteiger partial charge on any atom is 0.107 e. The maximum atomic E-state index is 5.79. The van der Waals surface area contributed by atoms with Gasteiger partial charge >= 0.3 is 0 Å². The van der Waals surface area contributed by atoms with Crippen LogP contribution in [0.5, 0.6) is 0 Å². The van der Waals surface area contributed by atoms with E-state index >= 15 is 0 Å². The van der Waals surface area contributed by atoms with Crippen LogP contribution in [-0.2, 0) is 9.47 Å². The molecular weight excluding hydrogens is 166 g/mol. The van der Waals surface area contributed by atoms with E-state index in [0.29, 0.717) is 6.61 Å². The third-order valence-corrected chi connectivity index (χ3v) is 1.95. The minimum absolute atomic E-state index is 0.0776. The number of para-hydroxylation sites is 1. The Morgan fingerprint density at radius 2 is 2.00 bits per heavy atom. The number of nitrogen functional groups attached to an aromatic ring is 1. The highest BCUT2D eigenvalue weighted by Gasteiger charge is 2.11. The number of methoxy groups -OCH3 is 2. The van der Waals surface area contributed by atoms with Crippen molar-refractivity contribution in [2.45, 2.75) is 6.10 Å². The average molecular weight is 181 g/mol. The highest BCUT2D eigenvalue weighted by atomic mass is 16.5. The van der Waals surface area contributed by atoms with Gasteiger partial charge in [0.15, 0.2) is 0 Å². The first kappa shape index (κ1) is 10.0. The van der Waals surface area contributed by atoms with Crippen molar-refractivity contribution in [1.82, 2.24) is 0 Å². The molecule has 0 spiro atoms. The number of rotatable bonds is 4. The zero-order valence-corrected chi connectivity index (χ0v) is 7.99. The Kier molecular flexibility index (Phi) is 3.73. The van der Waals surface area contributed by atoms with Crippen LogP contribution in [0.1, 0.15) is 11.7 Å². The summed E-state index contributed by atoms with van der Waals surface area (Å²) in [5.74, 6) is 0. The minimum atomic E-state index is -0.0776. The van der Waals surface area contributed by atoms with Crippen LogP contribution >= 0.6 is 0 Å². The summed E-state index contributed by atoms with van der Waals surface area (Å²) in [6.07, 6.45) is -0.0776. The number of nitrogens with two attached hydrogens (primary N) is 1. The van der Waals surface area contributed by atoms with Gasteiger partial charge in [-0.3, -0.25) is 0 Å². The van der Waals surface area contributed by atoms with Crippen LogP contribution in [0.25, 0.3) is 0 Å². The fraction of sp³-hybridized carbons (Fsp3) is 0.400. The van der Waals surface area contributed by atoms with Gasteiger partial charge in [0.25, 0.3) is 0 Å². The van der Waals surface area contributed by atoms with Gasteiger partial charge < -0.3 is 15.2 Å². The molecule has 72 valence electrons. The van der Waals surface area contributed by atoms with E-state index in [0.717, 1.165) is 11.3 Å². The van der Waals surface area contributed by atoms with E-state index in [1.54, 1.807) is 14.2 Å². The number of anilines is 1. The first-order valence-electron chi connectivity index (χ1n) is 4.15. The highest BCUT2D eigenvalue weighted by Crippen LogP contribution is 2.22. The molecule has 0 aliphatic carbocycles. The van der Waals surface area contributed by atoms with Crippen molar-refractivity contribution in [3.05, 3.63) is 29.8 Å². The SMILES string of the molecule is COC[C@H](OC)c1ccccc1N. The first-order chi connectivity index (χ1) is 6.29. The summed E-state index contributed by atoms with van der Waals surface area (Å²) in [6, 6.07) is 7.64. The molecule has 0 aliphatic heterocycles. The van der Waals surface area contributed by atoms with Crippen LogP contribution in [-0.4, -0.2) is 20.8 Å². The lowest BCUT2D eigenvalue weighted by molar-refractivity contribution is 0.0279. The molecule has 0 saturated carbocycles. The van der Waals surface area contributed by atoms with Crippen molar-refractivity contribution < 1.29 is 9.47 Å². The van der Waals surface area contributed by atoms with E-state index in [9.17, 15) is 0 Å². The fourth-order valence-electron chi connectivity index (χ4n) is 1.24. The molecule has 3 heteroatoms. The van der Waals surface area contributed by atoms with Crippen LogP contribution in [0.2, 0.25) is 0 Å². The van der Waals surface area contributed by atoms with Gasteiger partial charge in [-0.15, -0.1) is 0 Å². The molecule has 0 radical (unpaired) electrons. The number of benzene rings is 1. The van der Waals surface area contributed by atoms with E-state index in [1.807, 2.05) is 24.3 Å². The molecule has 1 rings (SSSR count). The van der Waals surface area contributed by atoms with E-state index in [2.05, 4.69) is 0 Å². The van der Waals surface area contributed by atoms with E-state index in [4.69, 9.17) is 15.2 Å². The molecule has 3 nitrogen and oxygen atoms in total. The molecule has 2 N–H and O–H groups in total. The molecule has 0 bridgehead atoms.